The Morgan fingerprint density at radius 2 is 1.75 bits per heavy atom. The number of rotatable bonds is 1. The second-order valence-electron chi connectivity index (χ2n) is 2.00. The third kappa shape index (κ3) is 1.59. The molecular formula is C7H2ClF3S. The van der Waals surface area contributed by atoms with Gasteiger partial charge in [-0.3, -0.25) is 0 Å². The van der Waals surface area contributed by atoms with Crippen LogP contribution in [0.3, 0.4) is 0 Å². The van der Waals surface area contributed by atoms with Crippen LogP contribution in [0, 0.1) is 17.5 Å². The molecule has 0 amide bonds. The summed E-state index contributed by atoms with van der Waals surface area (Å²) in [5.41, 5.74) is -0.300. The van der Waals surface area contributed by atoms with Crippen LogP contribution in [0.2, 0.25) is 0 Å². The Balaban J connectivity index is 3.36. The lowest BCUT2D eigenvalue weighted by Gasteiger charge is -1.99. The van der Waals surface area contributed by atoms with Gasteiger partial charge in [0.2, 0.25) is 0 Å². The molecule has 1 rings (SSSR count). The van der Waals surface area contributed by atoms with E-state index in [1.165, 1.54) is 0 Å². The van der Waals surface area contributed by atoms with Gasteiger partial charge in [0.15, 0.2) is 17.5 Å². The van der Waals surface area contributed by atoms with Crippen molar-refractivity contribution in [2.45, 2.75) is 0 Å². The van der Waals surface area contributed by atoms with Crippen molar-refractivity contribution >= 4 is 28.1 Å². The zero-order valence-electron chi connectivity index (χ0n) is 5.57. The van der Waals surface area contributed by atoms with E-state index in [-0.39, 0.29) is 9.89 Å². The summed E-state index contributed by atoms with van der Waals surface area (Å²) in [7, 11) is 0. The fourth-order valence-electron chi connectivity index (χ4n) is 0.678. The summed E-state index contributed by atoms with van der Waals surface area (Å²) >= 11 is 9.62. The zero-order valence-corrected chi connectivity index (χ0v) is 7.15. The van der Waals surface area contributed by atoms with Gasteiger partial charge in [-0.2, -0.15) is 0 Å². The molecule has 0 spiro atoms. The van der Waals surface area contributed by atoms with E-state index in [0.29, 0.717) is 0 Å². The first-order valence-corrected chi connectivity index (χ1v) is 3.66. The van der Waals surface area contributed by atoms with Crippen molar-refractivity contribution in [1.29, 1.82) is 0 Å². The molecule has 1 aromatic carbocycles. The smallest absolute Gasteiger partial charge is 0.195 e. The highest BCUT2D eigenvalue weighted by Crippen LogP contribution is 2.17. The monoisotopic (exact) mass is 210 g/mol. The second-order valence-corrected chi connectivity index (χ2v) is 3.01. The van der Waals surface area contributed by atoms with Gasteiger partial charge in [-0.15, -0.1) is 0 Å². The molecular weight excluding hydrogens is 209 g/mol. The van der Waals surface area contributed by atoms with Gasteiger partial charge < -0.3 is 0 Å². The highest BCUT2D eigenvalue weighted by Gasteiger charge is 2.14. The highest BCUT2D eigenvalue weighted by molar-refractivity contribution is 7.83. The molecule has 12 heavy (non-hydrogen) atoms. The third-order valence-corrected chi connectivity index (χ3v) is 1.67. The van der Waals surface area contributed by atoms with E-state index in [4.69, 9.17) is 11.6 Å². The number of thiocarbonyl (C=S) groups is 1. The van der Waals surface area contributed by atoms with Crippen molar-refractivity contribution in [3.05, 3.63) is 35.1 Å². The van der Waals surface area contributed by atoms with Crippen molar-refractivity contribution in [2.75, 3.05) is 0 Å². The molecule has 0 bridgehead atoms. The second kappa shape index (κ2) is 3.41. The van der Waals surface area contributed by atoms with Crippen LogP contribution in [0.15, 0.2) is 12.1 Å². The summed E-state index contributed by atoms with van der Waals surface area (Å²) in [6.07, 6.45) is 0. The van der Waals surface area contributed by atoms with E-state index in [9.17, 15) is 13.2 Å². The number of hydrogen-bond acceptors (Lipinski definition) is 1. The van der Waals surface area contributed by atoms with Crippen molar-refractivity contribution < 1.29 is 13.2 Å². The number of benzene rings is 1. The van der Waals surface area contributed by atoms with Crippen molar-refractivity contribution in [1.82, 2.24) is 0 Å². The van der Waals surface area contributed by atoms with Crippen LogP contribution in [-0.4, -0.2) is 4.32 Å². The Bertz CT molecular complexity index is 338. The summed E-state index contributed by atoms with van der Waals surface area (Å²) in [6.45, 7) is 0. The lowest BCUT2D eigenvalue weighted by atomic mass is 10.2. The molecule has 0 nitrogen and oxygen atoms in total. The Morgan fingerprint density at radius 3 is 2.25 bits per heavy atom. The average Bonchev–Trinajstić information content (AvgIpc) is 2.00. The van der Waals surface area contributed by atoms with Crippen LogP contribution in [-0.2, 0) is 0 Å². The van der Waals surface area contributed by atoms with Gasteiger partial charge in [-0.1, -0.05) is 23.8 Å². The minimum absolute atomic E-state index is 0.300. The fraction of sp³-hybridized carbons (Fsp3) is 0. The Kier molecular flexibility index (Phi) is 2.69. The first-order valence-electron chi connectivity index (χ1n) is 2.87. The largest absolute Gasteiger partial charge is 0.204 e. The molecule has 64 valence electrons. The molecule has 0 fully saturated rings. The van der Waals surface area contributed by atoms with Gasteiger partial charge >= 0.3 is 0 Å². The van der Waals surface area contributed by atoms with E-state index in [1.54, 1.807) is 0 Å². The van der Waals surface area contributed by atoms with Crippen molar-refractivity contribution in [2.24, 2.45) is 0 Å². The maximum Gasteiger partial charge on any atom is 0.195 e. The predicted octanol–water partition coefficient (Wildman–Crippen LogP) is 3.02. The fourth-order valence-corrected chi connectivity index (χ4v) is 0.981. The Labute approximate surface area is 77.0 Å². The van der Waals surface area contributed by atoms with E-state index in [2.05, 4.69) is 12.2 Å². The molecule has 0 aliphatic heterocycles. The molecule has 0 aromatic heterocycles. The average molecular weight is 211 g/mol. The van der Waals surface area contributed by atoms with Gasteiger partial charge in [0.05, 0.1) is 0 Å². The molecule has 0 radical (unpaired) electrons. The van der Waals surface area contributed by atoms with E-state index < -0.39 is 17.5 Å². The van der Waals surface area contributed by atoms with E-state index in [0.717, 1.165) is 12.1 Å². The molecule has 0 heterocycles. The Morgan fingerprint density at radius 1 is 1.17 bits per heavy atom. The van der Waals surface area contributed by atoms with Crippen LogP contribution in [0.4, 0.5) is 13.2 Å². The Hall–Kier alpha value is -0.610. The van der Waals surface area contributed by atoms with Gasteiger partial charge in [0.1, 0.15) is 4.32 Å². The summed E-state index contributed by atoms with van der Waals surface area (Å²) in [4.78, 5) is 0. The maximum absolute atomic E-state index is 12.7. The van der Waals surface area contributed by atoms with Crippen LogP contribution < -0.4 is 0 Å². The number of hydrogen-bond donors (Lipinski definition) is 0. The van der Waals surface area contributed by atoms with E-state index >= 15 is 0 Å². The first-order chi connectivity index (χ1) is 5.54. The van der Waals surface area contributed by atoms with Crippen molar-refractivity contribution in [3.8, 4) is 0 Å². The maximum atomic E-state index is 12.7. The molecule has 0 unspecified atom stereocenters. The van der Waals surface area contributed by atoms with Crippen LogP contribution in [0.1, 0.15) is 5.56 Å². The predicted molar refractivity (Wildman–Crippen MR) is 43.9 cm³/mol. The quantitative estimate of drug-likeness (QED) is 0.390. The van der Waals surface area contributed by atoms with E-state index in [1.807, 2.05) is 0 Å². The summed E-state index contributed by atoms with van der Waals surface area (Å²) in [5.74, 6) is -4.17. The lowest BCUT2D eigenvalue weighted by molar-refractivity contribution is 0.446. The van der Waals surface area contributed by atoms with Crippen LogP contribution >= 0.6 is 23.8 Å². The molecule has 0 N–H and O–H groups in total. The number of halogens is 4. The van der Waals surface area contributed by atoms with Crippen LogP contribution in [0.5, 0.6) is 0 Å². The topological polar surface area (TPSA) is 0 Å². The zero-order chi connectivity index (χ0) is 9.30. The molecule has 0 aliphatic carbocycles. The van der Waals surface area contributed by atoms with Gasteiger partial charge in [-0.25, -0.2) is 13.2 Å². The summed E-state index contributed by atoms with van der Waals surface area (Å²) in [5, 5.41) is 0. The minimum Gasteiger partial charge on any atom is -0.204 e. The standard InChI is InChI=1S/C7H2ClF3S/c8-7(12)3-1-2-4(9)6(11)5(3)10/h1-2H. The van der Waals surface area contributed by atoms with Gasteiger partial charge in [-0.05, 0) is 12.1 Å². The molecule has 0 atom stereocenters. The lowest BCUT2D eigenvalue weighted by Crippen LogP contribution is -1.99. The van der Waals surface area contributed by atoms with Crippen LogP contribution in [0.25, 0.3) is 0 Å². The highest BCUT2D eigenvalue weighted by atomic mass is 35.5. The minimum atomic E-state index is -1.56. The van der Waals surface area contributed by atoms with Gasteiger partial charge in [0, 0.05) is 5.56 Å². The third-order valence-electron chi connectivity index (χ3n) is 1.25. The summed E-state index contributed by atoms with van der Waals surface area (Å²) < 4.78 is 37.2. The molecule has 0 aliphatic rings. The van der Waals surface area contributed by atoms with Gasteiger partial charge in [0.25, 0.3) is 0 Å². The molecule has 0 saturated heterocycles. The summed E-state index contributed by atoms with van der Waals surface area (Å²) in [6, 6.07) is 1.76. The molecule has 5 heteroatoms. The molecule has 1 aromatic rings. The normalized spacial score (nSPS) is 10.0. The molecule has 0 saturated carbocycles. The first kappa shape index (κ1) is 9.48. The SMILES string of the molecule is Fc1ccc(C(=S)Cl)c(F)c1F. The van der Waals surface area contributed by atoms with Crippen molar-refractivity contribution in [3.63, 3.8) is 0 Å².